The number of hydrogen-bond donors (Lipinski definition) is 1. The van der Waals surface area contributed by atoms with Crippen LogP contribution in [0.15, 0.2) is 24.9 Å². The van der Waals surface area contributed by atoms with Crippen molar-refractivity contribution >= 4 is 11.9 Å². The topological polar surface area (TPSA) is 107 Å². The molecule has 3 aromatic rings. The molecule has 0 spiro atoms. The molecule has 152 valence electrons. The summed E-state index contributed by atoms with van der Waals surface area (Å²) in [5, 5.41) is 3.20. The van der Waals surface area contributed by atoms with E-state index in [1.807, 2.05) is 24.7 Å². The number of aromatic nitrogens is 7. The molecule has 1 aliphatic rings. The molecule has 0 aliphatic carbocycles. The maximum atomic E-state index is 13.1. The van der Waals surface area contributed by atoms with E-state index in [0.29, 0.717) is 56.3 Å². The van der Waals surface area contributed by atoms with Crippen LogP contribution in [0.25, 0.3) is 0 Å². The van der Waals surface area contributed by atoms with Crippen LogP contribution in [-0.2, 0) is 18.2 Å². The van der Waals surface area contributed by atoms with Crippen molar-refractivity contribution in [2.24, 2.45) is 7.05 Å². The van der Waals surface area contributed by atoms with Gasteiger partial charge in [0.15, 0.2) is 5.82 Å². The number of ether oxygens (including phenoxy) is 1. The van der Waals surface area contributed by atoms with Crippen LogP contribution >= 0.6 is 0 Å². The maximum Gasteiger partial charge on any atom is 0.230 e. The molecule has 29 heavy (non-hydrogen) atoms. The van der Waals surface area contributed by atoms with E-state index in [1.165, 1.54) is 0 Å². The minimum absolute atomic E-state index is 0.307. The molecule has 0 bridgehead atoms. The van der Waals surface area contributed by atoms with Crippen LogP contribution in [0.4, 0.5) is 16.3 Å². The van der Waals surface area contributed by atoms with Crippen molar-refractivity contribution in [3.05, 3.63) is 48.1 Å². The number of morpholine rings is 1. The summed E-state index contributed by atoms with van der Waals surface area (Å²) >= 11 is 0. The Morgan fingerprint density at radius 3 is 2.59 bits per heavy atom. The van der Waals surface area contributed by atoms with Crippen molar-refractivity contribution in [1.29, 1.82) is 0 Å². The zero-order valence-corrected chi connectivity index (χ0v) is 16.3. The molecule has 0 radical (unpaired) electrons. The van der Waals surface area contributed by atoms with Gasteiger partial charge in [0.25, 0.3) is 0 Å². The molecule has 0 aromatic carbocycles. The highest BCUT2D eigenvalue weighted by Crippen LogP contribution is 2.18. The number of hydrogen-bond acceptors (Lipinski definition) is 9. The third-order valence-corrected chi connectivity index (χ3v) is 4.43. The smallest absolute Gasteiger partial charge is 0.230 e. The molecular formula is C18H22FN9O. The van der Waals surface area contributed by atoms with E-state index < -0.39 is 5.82 Å². The lowest BCUT2D eigenvalue weighted by Crippen LogP contribution is -2.37. The predicted octanol–water partition coefficient (Wildman–Crippen LogP) is 1.13. The van der Waals surface area contributed by atoms with Gasteiger partial charge in [-0.1, -0.05) is 0 Å². The van der Waals surface area contributed by atoms with Gasteiger partial charge < -0.3 is 19.5 Å². The van der Waals surface area contributed by atoms with Crippen molar-refractivity contribution in [3.8, 4) is 0 Å². The summed E-state index contributed by atoms with van der Waals surface area (Å²) in [5.41, 5.74) is 0.868. The lowest BCUT2D eigenvalue weighted by Gasteiger charge is -2.27. The lowest BCUT2D eigenvalue weighted by molar-refractivity contribution is 0.122. The third kappa shape index (κ3) is 4.80. The lowest BCUT2D eigenvalue weighted by atomic mass is 10.3. The average molecular weight is 399 g/mol. The standard InChI is InChI=1S/C18H22FN9O/c1-12(16-20-8-13(19)9-21-16)23-17-24-15(7-14-10-27(2)11-22-14)25-18(26-17)28-3-5-29-6-4-28/h8-12H,3-7H2,1-2H3,(H,23,24,25,26)/t12-/m0/s1. The maximum absolute atomic E-state index is 13.1. The summed E-state index contributed by atoms with van der Waals surface area (Å²) in [6.45, 7) is 4.55. The van der Waals surface area contributed by atoms with E-state index in [0.717, 1.165) is 18.1 Å². The molecule has 1 saturated heterocycles. The molecule has 3 aromatic heterocycles. The minimum atomic E-state index is -0.478. The summed E-state index contributed by atoms with van der Waals surface area (Å²) < 4.78 is 20.4. The molecule has 0 amide bonds. The van der Waals surface area contributed by atoms with Crippen LogP contribution < -0.4 is 10.2 Å². The molecule has 11 heteroatoms. The second-order valence-corrected chi connectivity index (χ2v) is 6.81. The first-order chi connectivity index (χ1) is 14.1. The van der Waals surface area contributed by atoms with Gasteiger partial charge in [-0.05, 0) is 6.92 Å². The zero-order chi connectivity index (χ0) is 20.2. The second-order valence-electron chi connectivity index (χ2n) is 6.81. The SMILES string of the molecule is C[C@H](Nc1nc(Cc2cn(C)cn2)nc(N2CCOCC2)n1)c1ncc(F)cn1. The van der Waals surface area contributed by atoms with Crippen LogP contribution in [0, 0.1) is 5.82 Å². The summed E-state index contributed by atoms with van der Waals surface area (Å²) in [6, 6.07) is -0.307. The van der Waals surface area contributed by atoms with Crippen molar-refractivity contribution in [2.45, 2.75) is 19.4 Å². The van der Waals surface area contributed by atoms with Gasteiger partial charge >= 0.3 is 0 Å². The fourth-order valence-electron chi connectivity index (χ4n) is 2.98. The number of rotatable bonds is 6. The quantitative estimate of drug-likeness (QED) is 0.653. The Hall–Kier alpha value is -3.21. The largest absolute Gasteiger partial charge is 0.378 e. The van der Waals surface area contributed by atoms with Crippen molar-refractivity contribution in [3.63, 3.8) is 0 Å². The Labute approximate surface area is 167 Å². The van der Waals surface area contributed by atoms with Crippen LogP contribution in [0.1, 0.15) is 30.3 Å². The zero-order valence-electron chi connectivity index (χ0n) is 16.3. The highest BCUT2D eigenvalue weighted by Gasteiger charge is 2.19. The van der Waals surface area contributed by atoms with Crippen LogP contribution in [-0.4, -0.2) is 60.8 Å². The number of imidazole rings is 1. The van der Waals surface area contributed by atoms with E-state index in [-0.39, 0.29) is 6.04 Å². The molecule has 1 fully saturated rings. The van der Waals surface area contributed by atoms with Gasteiger partial charge in [-0.15, -0.1) is 0 Å². The Morgan fingerprint density at radius 1 is 1.14 bits per heavy atom. The highest BCUT2D eigenvalue weighted by molar-refractivity contribution is 5.39. The average Bonchev–Trinajstić information content (AvgIpc) is 3.13. The molecule has 4 heterocycles. The minimum Gasteiger partial charge on any atom is -0.378 e. The van der Waals surface area contributed by atoms with Gasteiger partial charge in [0.2, 0.25) is 11.9 Å². The van der Waals surface area contributed by atoms with E-state index in [2.05, 4.69) is 40.1 Å². The molecule has 1 atom stereocenters. The van der Waals surface area contributed by atoms with Gasteiger partial charge in [-0.25, -0.2) is 19.3 Å². The van der Waals surface area contributed by atoms with Gasteiger partial charge in [0, 0.05) is 26.3 Å². The Kier molecular flexibility index (Phi) is 5.56. The van der Waals surface area contributed by atoms with E-state index >= 15 is 0 Å². The number of anilines is 2. The fraction of sp³-hybridized carbons (Fsp3) is 0.444. The number of nitrogens with one attached hydrogen (secondary N) is 1. The fourth-order valence-corrected chi connectivity index (χ4v) is 2.98. The van der Waals surface area contributed by atoms with Crippen LogP contribution in [0.5, 0.6) is 0 Å². The van der Waals surface area contributed by atoms with Gasteiger partial charge in [0.05, 0.1) is 50.1 Å². The molecular weight excluding hydrogens is 377 g/mol. The van der Waals surface area contributed by atoms with Gasteiger partial charge in [0.1, 0.15) is 11.6 Å². The second kappa shape index (κ2) is 8.43. The van der Waals surface area contributed by atoms with E-state index in [1.54, 1.807) is 6.33 Å². The van der Waals surface area contributed by atoms with Gasteiger partial charge in [-0.2, -0.15) is 15.0 Å². The van der Waals surface area contributed by atoms with Crippen LogP contribution in [0.2, 0.25) is 0 Å². The first kappa shape index (κ1) is 19.1. The summed E-state index contributed by atoms with van der Waals surface area (Å²) in [6.07, 6.45) is 6.43. The van der Waals surface area contributed by atoms with Crippen molar-refractivity contribution < 1.29 is 9.13 Å². The predicted molar refractivity (Wildman–Crippen MR) is 103 cm³/mol. The molecule has 4 rings (SSSR count). The monoisotopic (exact) mass is 399 g/mol. The number of aryl methyl sites for hydroxylation is 1. The summed E-state index contributed by atoms with van der Waals surface area (Å²) in [4.78, 5) is 28.2. The van der Waals surface area contributed by atoms with Gasteiger partial charge in [-0.3, -0.25) is 0 Å². The van der Waals surface area contributed by atoms with E-state index in [4.69, 9.17) is 4.74 Å². The highest BCUT2D eigenvalue weighted by atomic mass is 19.1. The summed E-state index contributed by atoms with van der Waals surface area (Å²) in [7, 11) is 1.92. The van der Waals surface area contributed by atoms with Crippen LogP contribution in [0.3, 0.4) is 0 Å². The van der Waals surface area contributed by atoms with Crippen molar-refractivity contribution in [1.82, 2.24) is 34.5 Å². The normalized spacial score (nSPS) is 15.3. The molecule has 0 unspecified atom stereocenters. The molecule has 1 N–H and O–H groups in total. The first-order valence-electron chi connectivity index (χ1n) is 9.35. The Morgan fingerprint density at radius 2 is 1.90 bits per heavy atom. The molecule has 0 saturated carbocycles. The van der Waals surface area contributed by atoms with Crippen molar-refractivity contribution in [2.75, 3.05) is 36.5 Å². The molecule has 1 aliphatic heterocycles. The summed E-state index contributed by atoms with van der Waals surface area (Å²) in [5.74, 6) is 1.58. The third-order valence-electron chi connectivity index (χ3n) is 4.43. The molecule has 10 nitrogen and oxygen atoms in total. The Bertz CT molecular complexity index is 956. The number of halogens is 1. The van der Waals surface area contributed by atoms with E-state index in [9.17, 15) is 4.39 Å². The Balaban J connectivity index is 1.60. The first-order valence-corrected chi connectivity index (χ1v) is 9.35. The number of nitrogens with zero attached hydrogens (tertiary/aromatic N) is 8.